The molecule has 1 aliphatic rings. The van der Waals surface area contributed by atoms with Gasteiger partial charge in [-0.05, 0) is 29.2 Å². The van der Waals surface area contributed by atoms with Crippen molar-refractivity contribution in [2.75, 3.05) is 6.61 Å². The lowest BCUT2D eigenvalue weighted by molar-refractivity contribution is -0.160. The van der Waals surface area contributed by atoms with E-state index in [1.54, 1.807) is 0 Å². The first kappa shape index (κ1) is 24.1. The maximum absolute atomic E-state index is 12.5. The highest BCUT2D eigenvalue weighted by Gasteiger charge is 2.36. The van der Waals surface area contributed by atoms with Crippen molar-refractivity contribution in [2.45, 2.75) is 43.9 Å². The lowest BCUT2D eigenvalue weighted by Crippen LogP contribution is -2.46. The van der Waals surface area contributed by atoms with Gasteiger partial charge in [-0.3, -0.25) is 4.79 Å². The zero-order valence-corrected chi connectivity index (χ0v) is 17.7. The number of fused-ring (bicyclic) bond motifs is 3. The van der Waals surface area contributed by atoms with E-state index in [4.69, 9.17) is 9.84 Å². The molecule has 176 valence electrons. The van der Waals surface area contributed by atoms with E-state index < -0.39 is 49.1 Å². The summed E-state index contributed by atoms with van der Waals surface area (Å²) in [6.07, 6.45) is -7.64. The molecule has 2 aromatic rings. The summed E-state index contributed by atoms with van der Waals surface area (Å²) in [6.45, 7) is 1.52. The van der Waals surface area contributed by atoms with Crippen LogP contribution in [-0.2, 0) is 14.3 Å². The van der Waals surface area contributed by atoms with Crippen LogP contribution in [0.3, 0.4) is 0 Å². The van der Waals surface area contributed by atoms with Crippen LogP contribution in [-0.4, -0.2) is 47.9 Å². The van der Waals surface area contributed by atoms with E-state index in [9.17, 15) is 27.6 Å². The molecule has 0 heterocycles. The van der Waals surface area contributed by atoms with Crippen molar-refractivity contribution >= 4 is 18.0 Å². The lowest BCUT2D eigenvalue weighted by Gasteiger charge is -2.19. The Balaban J connectivity index is 1.52. The van der Waals surface area contributed by atoms with Gasteiger partial charge in [-0.15, -0.1) is 0 Å². The Morgan fingerprint density at radius 1 is 1.00 bits per heavy atom. The van der Waals surface area contributed by atoms with Crippen molar-refractivity contribution in [3.05, 3.63) is 59.7 Å². The number of carboxylic acids is 1. The normalized spacial score (nSPS) is 14.5. The molecule has 2 amide bonds. The zero-order valence-electron chi connectivity index (χ0n) is 17.7. The van der Waals surface area contributed by atoms with Crippen molar-refractivity contribution in [2.24, 2.45) is 0 Å². The molecular weight excluding hydrogens is 441 g/mol. The van der Waals surface area contributed by atoms with E-state index >= 15 is 0 Å². The number of alkyl carbamates (subject to hydrolysis) is 1. The minimum atomic E-state index is -4.75. The van der Waals surface area contributed by atoms with Crippen molar-refractivity contribution in [1.29, 1.82) is 0 Å². The van der Waals surface area contributed by atoms with Crippen LogP contribution < -0.4 is 10.6 Å². The quantitative estimate of drug-likeness (QED) is 0.551. The molecule has 33 heavy (non-hydrogen) atoms. The Bertz CT molecular complexity index is 995. The van der Waals surface area contributed by atoms with E-state index in [1.165, 1.54) is 6.92 Å². The number of halogens is 3. The monoisotopic (exact) mass is 464 g/mol. The van der Waals surface area contributed by atoms with Crippen LogP contribution in [0, 0.1) is 0 Å². The highest BCUT2D eigenvalue weighted by atomic mass is 19.4. The van der Waals surface area contributed by atoms with Crippen molar-refractivity contribution in [3.63, 3.8) is 0 Å². The minimum absolute atomic E-state index is 0.0610. The van der Waals surface area contributed by atoms with Crippen LogP contribution in [0.5, 0.6) is 0 Å². The molecule has 1 aliphatic carbocycles. The zero-order chi connectivity index (χ0) is 24.2. The van der Waals surface area contributed by atoms with Gasteiger partial charge in [-0.25, -0.2) is 9.59 Å². The standard InChI is InChI=1S/C23H23F3N2O5/c1-13(10-20(29)28-19(21(30)31)11-23(24,25)26)27-22(32)33-12-18-16-8-4-2-6-14(16)15-7-3-5-9-17(15)18/h2-9,13,18-19H,10-12H2,1H3,(H,27,32)(H,28,29)(H,30,31). The van der Waals surface area contributed by atoms with E-state index in [0.29, 0.717) is 0 Å². The molecular formula is C23H23F3N2O5. The van der Waals surface area contributed by atoms with Gasteiger partial charge in [-0.1, -0.05) is 48.5 Å². The van der Waals surface area contributed by atoms with Gasteiger partial charge in [0, 0.05) is 18.4 Å². The molecule has 0 aliphatic heterocycles. The van der Waals surface area contributed by atoms with Gasteiger partial charge >= 0.3 is 18.2 Å². The number of carboxylic acid groups (broad SMARTS) is 1. The molecule has 0 fully saturated rings. The van der Waals surface area contributed by atoms with E-state index in [0.717, 1.165) is 22.3 Å². The Labute approximate surface area is 187 Å². The number of aliphatic carboxylic acids is 1. The molecule has 0 spiro atoms. The van der Waals surface area contributed by atoms with Crippen molar-refractivity contribution in [3.8, 4) is 11.1 Å². The van der Waals surface area contributed by atoms with E-state index in [-0.39, 0.29) is 12.5 Å². The smallest absolute Gasteiger partial charge is 0.407 e. The Morgan fingerprint density at radius 3 is 2.06 bits per heavy atom. The Morgan fingerprint density at radius 2 is 1.55 bits per heavy atom. The predicted octanol–water partition coefficient (Wildman–Crippen LogP) is 3.83. The van der Waals surface area contributed by atoms with Crippen LogP contribution >= 0.6 is 0 Å². The summed E-state index contributed by atoms with van der Waals surface area (Å²) < 4.78 is 42.7. The Hall–Kier alpha value is -3.56. The third-order valence-corrected chi connectivity index (χ3v) is 5.27. The molecule has 0 saturated heterocycles. The molecule has 10 heteroatoms. The minimum Gasteiger partial charge on any atom is -0.480 e. The third-order valence-electron chi connectivity index (χ3n) is 5.27. The number of nitrogens with one attached hydrogen (secondary N) is 2. The molecule has 0 bridgehead atoms. The average molecular weight is 464 g/mol. The number of alkyl halides is 3. The SMILES string of the molecule is CC(CC(=O)NC(CC(F)(F)F)C(=O)O)NC(=O)OCC1c2ccccc2-c2ccccc21. The van der Waals surface area contributed by atoms with Gasteiger partial charge in [0.1, 0.15) is 12.6 Å². The first-order valence-corrected chi connectivity index (χ1v) is 10.3. The van der Waals surface area contributed by atoms with Gasteiger partial charge in [0.2, 0.25) is 5.91 Å². The number of carbonyl (C=O) groups is 3. The number of amides is 2. The molecule has 0 saturated carbocycles. The van der Waals surface area contributed by atoms with E-state index in [2.05, 4.69) is 5.32 Å². The maximum atomic E-state index is 12.5. The molecule has 0 radical (unpaired) electrons. The molecule has 2 aromatic carbocycles. The number of rotatable bonds is 8. The van der Waals surface area contributed by atoms with Crippen LogP contribution in [0.25, 0.3) is 11.1 Å². The van der Waals surface area contributed by atoms with Crippen molar-refractivity contribution in [1.82, 2.24) is 10.6 Å². The summed E-state index contributed by atoms with van der Waals surface area (Å²) in [4.78, 5) is 35.1. The second kappa shape index (κ2) is 9.93. The van der Waals surface area contributed by atoms with Gasteiger partial charge < -0.3 is 20.5 Å². The highest BCUT2D eigenvalue weighted by Crippen LogP contribution is 2.44. The second-order valence-electron chi connectivity index (χ2n) is 7.85. The number of hydrogen-bond acceptors (Lipinski definition) is 4. The fraction of sp³-hybridized carbons (Fsp3) is 0.348. The van der Waals surface area contributed by atoms with Crippen LogP contribution in [0.1, 0.15) is 36.8 Å². The van der Waals surface area contributed by atoms with Crippen LogP contribution in [0.2, 0.25) is 0 Å². The summed E-state index contributed by atoms with van der Waals surface area (Å²) in [7, 11) is 0. The first-order valence-electron chi connectivity index (χ1n) is 10.3. The Kier molecular flexibility index (Phi) is 7.25. The number of carbonyl (C=O) groups excluding carboxylic acids is 2. The van der Waals surface area contributed by atoms with Crippen LogP contribution in [0.15, 0.2) is 48.5 Å². The number of ether oxygens (including phenoxy) is 1. The second-order valence-corrected chi connectivity index (χ2v) is 7.85. The van der Waals surface area contributed by atoms with Gasteiger partial charge in [0.25, 0.3) is 0 Å². The van der Waals surface area contributed by atoms with E-state index in [1.807, 2.05) is 53.8 Å². The summed E-state index contributed by atoms with van der Waals surface area (Å²) >= 11 is 0. The highest BCUT2D eigenvalue weighted by molar-refractivity contribution is 5.84. The summed E-state index contributed by atoms with van der Waals surface area (Å²) in [5.41, 5.74) is 4.20. The molecule has 0 aromatic heterocycles. The largest absolute Gasteiger partial charge is 0.480 e. The third kappa shape index (κ3) is 6.24. The molecule has 2 unspecified atom stereocenters. The summed E-state index contributed by atoms with van der Waals surface area (Å²) in [5.74, 6) is -2.88. The van der Waals surface area contributed by atoms with Gasteiger partial charge in [-0.2, -0.15) is 13.2 Å². The predicted molar refractivity (Wildman–Crippen MR) is 113 cm³/mol. The number of hydrogen-bond donors (Lipinski definition) is 3. The maximum Gasteiger partial charge on any atom is 0.407 e. The number of benzene rings is 2. The first-order chi connectivity index (χ1) is 15.5. The molecule has 3 rings (SSSR count). The summed E-state index contributed by atoms with van der Waals surface area (Å²) in [5, 5.41) is 13.1. The average Bonchev–Trinajstić information content (AvgIpc) is 3.04. The van der Waals surface area contributed by atoms with Crippen LogP contribution in [0.4, 0.5) is 18.0 Å². The summed E-state index contributed by atoms with van der Waals surface area (Å²) in [6, 6.07) is 12.7. The lowest BCUT2D eigenvalue weighted by atomic mass is 9.98. The molecule has 7 nitrogen and oxygen atoms in total. The molecule has 2 atom stereocenters. The van der Waals surface area contributed by atoms with Gasteiger partial charge in [0.15, 0.2) is 0 Å². The molecule has 3 N–H and O–H groups in total. The van der Waals surface area contributed by atoms with Gasteiger partial charge in [0.05, 0.1) is 6.42 Å². The topological polar surface area (TPSA) is 105 Å². The fourth-order valence-electron chi connectivity index (χ4n) is 3.86. The van der Waals surface area contributed by atoms with Crippen molar-refractivity contribution < 1.29 is 37.4 Å². The fourth-order valence-corrected chi connectivity index (χ4v) is 3.86.